The van der Waals surface area contributed by atoms with Gasteiger partial charge in [-0.2, -0.15) is 0 Å². The third-order valence-corrected chi connectivity index (χ3v) is 3.65. The van der Waals surface area contributed by atoms with Gasteiger partial charge >= 0.3 is 0 Å². The smallest absolute Gasteiger partial charge is 0.255 e. The summed E-state index contributed by atoms with van der Waals surface area (Å²) in [6, 6.07) is 9.47. The van der Waals surface area contributed by atoms with E-state index in [1.807, 2.05) is 0 Å². The highest BCUT2D eigenvalue weighted by Crippen LogP contribution is 2.32. The Balaban J connectivity index is 2.24. The van der Waals surface area contributed by atoms with Gasteiger partial charge in [0.2, 0.25) is 0 Å². The predicted molar refractivity (Wildman–Crippen MR) is 80.9 cm³/mol. The van der Waals surface area contributed by atoms with Crippen molar-refractivity contribution in [3.05, 3.63) is 62.1 Å². The number of hydrogen-bond donors (Lipinski definition) is 1. The standard InChI is InChI=1S/C13H7Cl4NO/c14-8-3-1-7(2-4-8)13(19)18-12-6-10(16)9(15)5-11(12)17/h1-6H,(H,18,19). The molecule has 2 nitrogen and oxygen atoms in total. The van der Waals surface area contributed by atoms with Crippen LogP contribution < -0.4 is 5.32 Å². The van der Waals surface area contributed by atoms with Gasteiger partial charge in [-0.15, -0.1) is 0 Å². The lowest BCUT2D eigenvalue weighted by Gasteiger charge is -2.08. The van der Waals surface area contributed by atoms with Gasteiger partial charge in [0.25, 0.3) is 5.91 Å². The lowest BCUT2D eigenvalue weighted by atomic mass is 10.2. The van der Waals surface area contributed by atoms with E-state index in [2.05, 4.69) is 5.32 Å². The number of rotatable bonds is 2. The SMILES string of the molecule is O=C(Nc1cc(Cl)c(Cl)cc1Cl)c1ccc(Cl)cc1. The summed E-state index contributed by atoms with van der Waals surface area (Å²) in [4.78, 5) is 12.0. The average molecular weight is 335 g/mol. The van der Waals surface area contributed by atoms with Crippen molar-refractivity contribution in [2.24, 2.45) is 0 Å². The molecule has 0 bridgehead atoms. The van der Waals surface area contributed by atoms with E-state index in [0.29, 0.717) is 31.3 Å². The second kappa shape index (κ2) is 6.02. The van der Waals surface area contributed by atoms with Crippen molar-refractivity contribution in [2.75, 3.05) is 5.32 Å². The molecule has 0 radical (unpaired) electrons. The van der Waals surface area contributed by atoms with Crippen molar-refractivity contribution >= 4 is 58.0 Å². The molecule has 0 heterocycles. The normalized spacial score (nSPS) is 10.3. The molecule has 0 aliphatic rings. The second-order valence-electron chi connectivity index (χ2n) is 3.71. The molecule has 0 aliphatic heterocycles. The summed E-state index contributed by atoms with van der Waals surface area (Å²) in [7, 11) is 0. The highest BCUT2D eigenvalue weighted by molar-refractivity contribution is 6.44. The maximum Gasteiger partial charge on any atom is 0.255 e. The summed E-state index contributed by atoms with van der Waals surface area (Å²) in [5.41, 5.74) is 0.863. The Morgan fingerprint density at radius 3 is 2.05 bits per heavy atom. The van der Waals surface area contributed by atoms with Gasteiger partial charge in [-0.3, -0.25) is 4.79 Å². The predicted octanol–water partition coefficient (Wildman–Crippen LogP) is 5.55. The van der Waals surface area contributed by atoms with Gasteiger partial charge in [0.05, 0.1) is 20.8 Å². The third kappa shape index (κ3) is 3.54. The van der Waals surface area contributed by atoms with Gasteiger partial charge < -0.3 is 5.32 Å². The zero-order valence-corrected chi connectivity index (χ0v) is 12.4. The van der Waals surface area contributed by atoms with Gasteiger partial charge in [0.1, 0.15) is 0 Å². The summed E-state index contributed by atoms with van der Waals surface area (Å²) in [5.74, 6) is -0.308. The number of carbonyl (C=O) groups is 1. The molecule has 1 amide bonds. The van der Waals surface area contributed by atoms with Crippen molar-refractivity contribution in [3.63, 3.8) is 0 Å². The molecule has 0 aliphatic carbocycles. The van der Waals surface area contributed by atoms with Crippen LogP contribution in [0.5, 0.6) is 0 Å². The lowest BCUT2D eigenvalue weighted by molar-refractivity contribution is 0.102. The number of nitrogens with one attached hydrogen (secondary N) is 1. The first kappa shape index (κ1) is 14.5. The minimum Gasteiger partial charge on any atom is -0.321 e. The Morgan fingerprint density at radius 2 is 1.42 bits per heavy atom. The van der Waals surface area contributed by atoms with Crippen molar-refractivity contribution in [2.45, 2.75) is 0 Å². The van der Waals surface area contributed by atoms with E-state index in [-0.39, 0.29) is 5.91 Å². The molecule has 0 saturated heterocycles. The average Bonchev–Trinajstić information content (AvgIpc) is 2.36. The molecule has 0 saturated carbocycles. The molecule has 0 fully saturated rings. The molecule has 6 heteroatoms. The highest BCUT2D eigenvalue weighted by Gasteiger charge is 2.10. The number of halogens is 4. The van der Waals surface area contributed by atoms with Gasteiger partial charge in [0.15, 0.2) is 0 Å². The first-order chi connectivity index (χ1) is 8.97. The van der Waals surface area contributed by atoms with Crippen LogP contribution in [0.1, 0.15) is 10.4 Å². The van der Waals surface area contributed by atoms with Crippen LogP contribution in [-0.2, 0) is 0 Å². The lowest BCUT2D eigenvalue weighted by Crippen LogP contribution is -2.12. The van der Waals surface area contributed by atoms with Crippen LogP contribution in [0.3, 0.4) is 0 Å². The van der Waals surface area contributed by atoms with E-state index in [0.717, 1.165) is 0 Å². The number of carbonyl (C=O) groups excluding carboxylic acids is 1. The maximum absolute atomic E-state index is 12.0. The number of anilines is 1. The molecule has 2 aromatic carbocycles. The fourth-order valence-electron chi connectivity index (χ4n) is 1.41. The molecule has 19 heavy (non-hydrogen) atoms. The Kier molecular flexibility index (Phi) is 4.58. The van der Waals surface area contributed by atoms with Crippen LogP contribution in [0.4, 0.5) is 5.69 Å². The van der Waals surface area contributed by atoms with Crippen molar-refractivity contribution in [1.82, 2.24) is 0 Å². The molecule has 1 N–H and O–H groups in total. The molecule has 2 aromatic rings. The molecule has 98 valence electrons. The molecular weight excluding hydrogens is 328 g/mol. The number of amides is 1. The van der Waals surface area contributed by atoms with Gasteiger partial charge in [-0.25, -0.2) is 0 Å². The van der Waals surface area contributed by atoms with Crippen LogP contribution in [0.25, 0.3) is 0 Å². The Morgan fingerprint density at radius 1 is 0.842 bits per heavy atom. The summed E-state index contributed by atoms with van der Waals surface area (Å²) in [6.07, 6.45) is 0. The van der Waals surface area contributed by atoms with Gasteiger partial charge in [0, 0.05) is 10.6 Å². The molecule has 0 atom stereocenters. The Bertz CT molecular complexity index is 625. The molecule has 0 spiro atoms. The summed E-state index contributed by atoms with van der Waals surface area (Å²) in [5, 5.41) is 4.18. The Labute approximate surface area is 130 Å². The van der Waals surface area contributed by atoms with Gasteiger partial charge in [-0.05, 0) is 36.4 Å². The van der Waals surface area contributed by atoms with Crippen LogP contribution in [-0.4, -0.2) is 5.91 Å². The Hall–Kier alpha value is -0.930. The first-order valence-electron chi connectivity index (χ1n) is 5.19. The maximum atomic E-state index is 12.0. The fraction of sp³-hybridized carbons (Fsp3) is 0. The van der Waals surface area contributed by atoms with Crippen LogP contribution in [0.15, 0.2) is 36.4 Å². The zero-order valence-electron chi connectivity index (χ0n) is 9.38. The van der Waals surface area contributed by atoms with Crippen molar-refractivity contribution < 1.29 is 4.79 Å². The fourth-order valence-corrected chi connectivity index (χ4v) is 2.13. The van der Waals surface area contributed by atoms with E-state index in [1.165, 1.54) is 12.1 Å². The number of benzene rings is 2. The second-order valence-corrected chi connectivity index (χ2v) is 5.37. The molecular formula is C13H7Cl4NO. The van der Waals surface area contributed by atoms with Crippen LogP contribution >= 0.6 is 46.4 Å². The molecule has 0 aromatic heterocycles. The van der Waals surface area contributed by atoms with E-state index in [1.54, 1.807) is 24.3 Å². The summed E-state index contributed by atoms with van der Waals surface area (Å²) >= 11 is 23.4. The topological polar surface area (TPSA) is 29.1 Å². The summed E-state index contributed by atoms with van der Waals surface area (Å²) in [6.45, 7) is 0. The zero-order chi connectivity index (χ0) is 14.0. The quantitative estimate of drug-likeness (QED) is 0.716. The van der Waals surface area contributed by atoms with Crippen LogP contribution in [0, 0.1) is 0 Å². The van der Waals surface area contributed by atoms with Crippen LogP contribution in [0.2, 0.25) is 20.1 Å². The van der Waals surface area contributed by atoms with Gasteiger partial charge in [-0.1, -0.05) is 46.4 Å². The minimum absolute atomic E-state index is 0.308. The number of hydrogen-bond acceptors (Lipinski definition) is 1. The van der Waals surface area contributed by atoms with Crippen molar-refractivity contribution in [1.29, 1.82) is 0 Å². The van der Waals surface area contributed by atoms with E-state index >= 15 is 0 Å². The largest absolute Gasteiger partial charge is 0.321 e. The highest BCUT2D eigenvalue weighted by atomic mass is 35.5. The summed E-state index contributed by atoms with van der Waals surface area (Å²) < 4.78 is 0. The monoisotopic (exact) mass is 333 g/mol. The molecule has 0 unspecified atom stereocenters. The van der Waals surface area contributed by atoms with E-state index < -0.39 is 0 Å². The first-order valence-corrected chi connectivity index (χ1v) is 6.70. The third-order valence-electron chi connectivity index (χ3n) is 2.36. The van der Waals surface area contributed by atoms with Crippen molar-refractivity contribution in [3.8, 4) is 0 Å². The van der Waals surface area contributed by atoms with E-state index in [9.17, 15) is 4.79 Å². The molecule has 2 rings (SSSR count). The van der Waals surface area contributed by atoms with E-state index in [4.69, 9.17) is 46.4 Å². The minimum atomic E-state index is -0.308.